The van der Waals surface area contributed by atoms with Gasteiger partial charge in [-0.2, -0.15) is 14.5 Å². The first-order valence-corrected chi connectivity index (χ1v) is 11.7. The number of hydrogen-bond acceptors (Lipinski definition) is 6. The van der Waals surface area contributed by atoms with Crippen molar-refractivity contribution in [3.63, 3.8) is 0 Å². The molecule has 0 aromatic carbocycles. The summed E-state index contributed by atoms with van der Waals surface area (Å²) in [6, 6.07) is 2.55. The Morgan fingerprint density at radius 2 is 1.68 bits per heavy atom. The molecule has 0 radical (unpaired) electrons. The maximum Gasteiger partial charge on any atom is 0.257 e. The van der Waals surface area contributed by atoms with E-state index in [9.17, 15) is 0 Å². The summed E-state index contributed by atoms with van der Waals surface area (Å²) in [5, 5.41) is 8.48. The Morgan fingerprint density at radius 3 is 2.39 bits per heavy atom. The third-order valence-electron chi connectivity index (χ3n) is 6.79. The Labute approximate surface area is 197 Å². The van der Waals surface area contributed by atoms with Gasteiger partial charge in [0.25, 0.3) is 5.78 Å². The van der Waals surface area contributed by atoms with Gasteiger partial charge in [-0.25, -0.2) is 0 Å². The topological polar surface area (TPSA) is 67.6 Å². The number of nitrogens with zero attached hydrogens (tertiary/aromatic N) is 5. The Balaban J connectivity index is 0.00000136. The summed E-state index contributed by atoms with van der Waals surface area (Å²) in [7, 11) is 0. The fraction of sp³-hybridized carbons (Fsp3) is 0.773. The Morgan fingerprint density at radius 1 is 0.968 bits per heavy atom. The predicted octanol–water partition coefficient (Wildman–Crippen LogP) is 4.53. The van der Waals surface area contributed by atoms with Gasteiger partial charge in [0.2, 0.25) is 5.88 Å². The third-order valence-corrected chi connectivity index (χ3v) is 6.79. The SMILES string of the molecule is CC1CN(c2cc(OC3CCCCC3)nc3nc(C4CCCCC4)nn23)CCN1.Cl.Cl. The highest BCUT2D eigenvalue weighted by molar-refractivity contribution is 5.85. The molecule has 1 atom stereocenters. The molecular formula is C22H36Cl2N6O. The van der Waals surface area contributed by atoms with Crippen molar-refractivity contribution in [2.24, 2.45) is 0 Å². The van der Waals surface area contributed by atoms with Crippen molar-refractivity contribution in [3.05, 3.63) is 11.9 Å². The van der Waals surface area contributed by atoms with Crippen molar-refractivity contribution in [3.8, 4) is 5.88 Å². The van der Waals surface area contributed by atoms with Gasteiger partial charge in [-0.05, 0) is 45.4 Å². The molecule has 0 bridgehead atoms. The monoisotopic (exact) mass is 470 g/mol. The van der Waals surface area contributed by atoms with Crippen LogP contribution in [0.15, 0.2) is 6.07 Å². The van der Waals surface area contributed by atoms with Gasteiger partial charge in [-0.15, -0.1) is 29.9 Å². The van der Waals surface area contributed by atoms with E-state index >= 15 is 0 Å². The van der Waals surface area contributed by atoms with Crippen molar-refractivity contribution in [1.82, 2.24) is 24.9 Å². The van der Waals surface area contributed by atoms with Crippen molar-refractivity contribution < 1.29 is 4.74 Å². The summed E-state index contributed by atoms with van der Waals surface area (Å²) in [5.74, 6) is 3.93. The van der Waals surface area contributed by atoms with E-state index in [2.05, 4.69) is 23.2 Å². The Hall–Kier alpha value is -1.31. The molecular weight excluding hydrogens is 435 g/mol. The van der Waals surface area contributed by atoms with E-state index in [0.717, 1.165) is 44.1 Å². The van der Waals surface area contributed by atoms with Gasteiger partial charge in [-0.3, -0.25) is 0 Å². The lowest BCUT2D eigenvalue weighted by atomic mass is 9.89. The molecule has 5 rings (SSSR count). The molecule has 2 aromatic rings. The molecule has 0 amide bonds. The molecule has 2 aromatic heterocycles. The minimum atomic E-state index is 0. The van der Waals surface area contributed by atoms with Crippen LogP contribution in [0.2, 0.25) is 0 Å². The van der Waals surface area contributed by atoms with Crippen LogP contribution >= 0.6 is 24.8 Å². The summed E-state index contributed by atoms with van der Waals surface area (Å²) in [6.07, 6.45) is 12.7. The molecule has 3 fully saturated rings. The molecule has 0 spiro atoms. The maximum atomic E-state index is 6.34. The van der Waals surface area contributed by atoms with Crippen molar-refractivity contribution in [1.29, 1.82) is 0 Å². The fourth-order valence-corrected chi connectivity index (χ4v) is 5.16. The average molecular weight is 471 g/mol. The van der Waals surface area contributed by atoms with E-state index in [0.29, 0.717) is 23.6 Å². The first kappa shape index (κ1) is 24.3. The second-order valence-corrected chi connectivity index (χ2v) is 9.15. The maximum absolute atomic E-state index is 6.34. The molecule has 31 heavy (non-hydrogen) atoms. The zero-order valence-corrected chi connectivity index (χ0v) is 20.1. The van der Waals surface area contributed by atoms with E-state index in [-0.39, 0.29) is 30.9 Å². The van der Waals surface area contributed by atoms with Gasteiger partial charge >= 0.3 is 0 Å². The molecule has 7 nitrogen and oxygen atoms in total. The third kappa shape index (κ3) is 5.55. The van der Waals surface area contributed by atoms with Gasteiger partial charge in [-0.1, -0.05) is 25.7 Å². The van der Waals surface area contributed by atoms with Crippen LogP contribution in [0, 0.1) is 0 Å². The smallest absolute Gasteiger partial charge is 0.257 e. The van der Waals surface area contributed by atoms with E-state index in [4.69, 9.17) is 19.8 Å². The van der Waals surface area contributed by atoms with Gasteiger partial charge in [0.1, 0.15) is 11.9 Å². The van der Waals surface area contributed by atoms with Crippen LogP contribution in [0.1, 0.15) is 82.9 Å². The quantitative estimate of drug-likeness (QED) is 0.707. The standard InChI is InChI=1S/C22H34N6O.2ClH/c1-16-15-27(13-12-23-16)20-14-19(29-18-10-6-3-7-11-18)24-22-25-21(26-28(20)22)17-8-4-2-5-9-17;;/h14,16-18,23H,2-13,15H2,1H3;2*1H. The highest BCUT2D eigenvalue weighted by Gasteiger charge is 2.25. The Bertz CT molecular complexity index is 835. The number of hydrogen-bond donors (Lipinski definition) is 1. The lowest BCUT2D eigenvalue weighted by Crippen LogP contribution is -2.49. The zero-order valence-electron chi connectivity index (χ0n) is 18.5. The number of nitrogens with one attached hydrogen (secondary N) is 1. The lowest BCUT2D eigenvalue weighted by Gasteiger charge is -2.33. The first-order chi connectivity index (χ1) is 14.3. The van der Waals surface area contributed by atoms with Gasteiger partial charge in [0, 0.05) is 37.7 Å². The number of rotatable bonds is 4. The summed E-state index contributed by atoms with van der Waals surface area (Å²) in [6.45, 7) is 5.14. The molecule has 1 N–H and O–H groups in total. The van der Waals surface area contributed by atoms with Gasteiger partial charge in [0.15, 0.2) is 5.82 Å². The number of piperazine rings is 1. The van der Waals surface area contributed by atoms with Crippen LogP contribution in [-0.4, -0.2) is 51.4 Å². The average Bonchev–Trinajstić information content (AvgIpc) is 3.19. The highest BCUT2D eigenvalue weighted by atomic mass is 35.5. The van der Waals surface area contributed by atoms with Crippen LogP contribution < -0.4 is 15.0 Å². The van der Waals surface area contributed by atoms with Gasteiger partial charge < -0.3 is 15.0 Å². The normalized spacial score (nSPS) is 23.3. The molecule has 1 unspecified atom stereocenters. The van der Waals surface area contributed by atoms with Crippen molar-refractivity contribution >= 4 is 36.4 Å². The minimum Gasteiger partial charge on any atom is -0.474 e. The van der Waals surface area contributed by atoms with Crippen LogP contribution in [-0.2, 0) is 0 Å². The van der Waals surface area contributed by atoms with Crippen LogP contribution in [0.3, 0.4) is 0 Å². The second kappa shape index (κ2) is 11.0. The summed E-state index contributed by atoms with van der Waals surface area (Å²) in [4.78, 5) is 12.1. The molecule has 3 aliphatic rings. The van der Waals surface area contributed by atoms with E-state index in [1.807, 2.05) is 4.52 Å². The molecule has 2 aliphatic carbocycles. The number of halogens is 2. The summed E-state index contributed by atoms with van der Waals surface area (Å²) < 4.78 is 8.31. The predicted molar refractivity (Wildman–Crippen MR) is 128 cm³/mol. The number of ether oxygens (including phenoxy) is 1. The largest absolute Gasteiger partial charge is 0.474 e. The minimum absolute atomic E-state index is 0. The zero-order chi connectivity index (χ0) is 19.6. The molecule has 174 valence electrons. The first-order valence-electron chi connectivity index (χ1n) is 11.7. The van der Waals surface area contributed by atoms with E-state index in [1.165, 1.54) is 51.4 Å². The van der Waals surface area contributed by atoms with Crippen LogP contribution in [0.4, 0.5) is 5.82 Å². The summed E-state index contributed by atoms with van der Waals surface area (Å²) in [5.41, 5.74) is 0. The fourth-order valence-electron chi connectivity index (χ4n) is 5.16. The van der Waals surface area contributed by atoms with Gasteiger partial charge in [0.05, 0.1) is 0 Å². The molecule has 1 aliphatic heterocycles. The van der Waals surface area contributed by atoms with E-state index < -0.39 is 0 Å². The second-order valence-electron chi connectivity index (χ2n) is 9.15. The number of anilines is 1. The molecule has 9 heteroatoms. The van der Waals surface area contributed by atoms with Crippen molar-refractivity contribution in [2.75, 3.05) is 24.5 Å². The highest BCUT2D eigenvalue weighted by Crippen LogP contribution is 2.32. The number of aromatic nitrogens is 4. The molecule has 2 saturated carbocycles. The van der Waals surface area contributed by atoms with E-state index in [1.54, 1.807) is 0 Å². The van der Waals surface area contributed by atoms with Crippen LogP contribution in [0.5, 0.6) is 5.88 Å². The van der Waals surface area contributed by atoms with Crippen molar-refractivity contribution in [2.45, 2.75) is 89.2 Å². The van der Waals surface area contributed by atoms with Crippen LogP contribution in [0.25, 0.3) is 5.78 Å². The molecule has 3 heterocycles. The summed E-state index contributed by atoms with van der Waals surface area (Å²) >= 11 is 0. The number of fused-ring (bicyclic) bond motifs is 1. The lowest BCUT2D eigenvalue weighted by molar-refractivity contribution is 0.149. The Kier molecular flexibility index (Phi) is 8.65. The molecule has 1 saturated heterocycles.